The summed E-state index contributed by atoms with van der Waals surface area (Å²) in [5.41, 5.74) is 1.42. The van der Waals surface area contributed by atoms with Gasteiger partial charge >= 0.3 is 5.97 Å². The fourth-order valence-electron chi connectivity index (χ4n) is 2.90. The Kier molecular flexibility index (Phi) is 6.06. The summed E-state index contributed by atoms with van der Waals surface area (Å²) in [7, 11) is 1.46. The van der Waals surface area contributed by atoms with Gasteiger partial charge < -0.3 is 29.2 Å². The molecule has 0 amide bonds. The van der Waals surface area contributed by atoms with Gasteiger partial charge in [0.25, 0.3) is 0 Å². The van der Waals surface area contributed by atoms with Gasteiger partial charge in [-0.2, -0.15) is 0 Å². The van der Waals surface area contributed by atoms with E-state index in [9.17, 15) is 15.0 Å². The van der Waals surface area contributed by atoms with Crippen molar-refractivity contribution in [2.24, 2.45) is 0 Å². The maximum Gasteiger partial charge on any atom is 0.330 e. The Labute approximate surface area is 162 Å². The first-order chi connectivity index (χ1) is 13.5. The second-order valence-corrected chi connectivity index (χ2v) is 6.10. The minimum atomic E-state index is -0.623. The summed E-state index contributed by atoms with van der Waals surface area (Å²) in [6.45, 7) is 1.80. The van der Waals surface area contributed by atoms with Crippen molar-refractivity contribution in [2.45, 2.75) is 19.1 Å². The Hall–Kier alpha value is -3.19. The number of benzene rings is 2. The van der Waals surface area contributed by atoms with E-state index >= 15 is 0 Å². The van der Waals surface area contributed by atoms with Crippen molar-refractivity contribution in [2.75, 3.05) is 20.3 Å². The lowest BCUT2D eigenvalue weighted by molar-refractivity contribution is -0.137. The predicted octanol–water partition coefficient (Wildman–Crippen LogP) is 2.85. The molecule has 3 rings (SSSR count). The number of phenols is 1. The Morgan fingerprint density at radius 2 is 2.00 bits per heavy atom. The maximum absolute atomic E-state index is 11.5. The molecule has 0 bridgehead atoms. The summed E-state index contributed by atoms with van der Waals surface area (Å²) in [5.74, 6) is 0.860. The molecule has 0 spiro atoms. The average molecular weight is 386 g/mol. The zero-order valence-corrected chi connectivity index (χ0v) is 15.6. The van der Waals surface area contributed by atoms with Crippen molar-refractivity contribution in [3.05, 3.63) is 53.6 Å². The molecule has 2 N–H and O–H groups in total. The van der Waals surface area contributed by atoms with Gasteiger partial charge in [-0.3, -0.25) is 0 Å². The fourth-order valence-corrected chi connectivity index (χ4v) is 2.90. The van der Waals surface area contributed by atoms with Crippen molar-refractivity contribution in [3.8, 4) is 23.0 Å². The highest BCUT2D eigenvalue weighted by atomic mass is 16.6. The van der Waals surface area contributed by atoms with Crippen molar-refractivity contribution in [3.63, 3.8) is 0 Å². The molecule has 7 heteroatoms. The molecule has 0 aliphatic carbocycles. The van der Waals surface area contributed by atoms with Crippen LogP contribution in [0, 0.1) is 0 Å². The van der Waals surface area contributed by atoms with Gasteiger partial charge in [0, 0.05) is 11.6 Å². The summed E-state index contributed by atoms with van der Waals surface area (Å²) in [5, 5.41) is 19.5. The summed E-state index contributed by atoms with van der Waals surface area (Å²) in [4.78, 5) is 11.5. The van der Waals surface area contributed by atoms with E-state index in [1.807, 2.05) is 0 Å². The van der Waals surface area contributed by atoms with Gasteiger partial charge in [-0.05, 0) is 42.8 Å². The molecule has 0 aromatic heterocycles. The number of hydrogen-bond acceptors (Lipinski definition) is 7. The lowest BCUT2D eigenvalue weighted by atomic mass is 10.0. The molecule has 0 saturated carbocycles. The van der Waals surface area contributed by atoms with Crippen LogP contribution in [-0.2, 0) is 9.53 Å². The Bertz CT molecular complexity index is 875. The molecule has 148 valence electrons. The van der Waals surface area contributed by atoms with Crippen LogP contribution < -0.4 is 14.2 Å². The molecule has 2 aromatic carbocycles. The van der Waals surface area contributed by atoms with Gasteiger partial charge in [0.1, 0.15) is 0 Å². The number of carbonyl (C=O) groups is 1. The molecule has 2 atom stereocenters. The van der Waals surface area contributed by atoms with Crippen LogP contribution in [0.15, 0.2) is 42.5 Å². The lowest BCUT2D eigenvalue weighted by Crippen LogP contribution is -2.36. The fraction of sp³-hybridized carbons (Fsp3) is 0.286. The third kappa shape index (κ3) is 4.20. The first-order valence-electron chi connectivity index (χ1n) is 8.85. The van der Waals surface area contributed by atoms with Crippen LogP contribution in [0.1, 0.15) is 24.2 Å². The molecule has 0 saturated heterocycles. The van der Waals surface area contributed by atoms with Gasteiger partial charge in [-0.15, -0.1) is 0 Å². The molecule has 1 aliphatic heterocycles. The molecule has 7 nitrogen and oxygen atoms in total. The zero-order chi connectivity index (χ0) is 20.1. The van der Waals surface area contributed by atoms with E-state index in [0.29, 0.717) is 29.4 Å². The van der Waals surface area contributed by atoms with Crippen molar-refractivity contribution < 1.29 is 34.0 Å². The number of hydrogen-bond donors (Lipinski definition) is 2. The molecule has 2 unspecified atom stereocenters. The lowest BCUT2D eigenvalue weighted by Gasteiger charge is -2.33. The van der Waals surface area contributed by atoms with Crippen molar-refractivity contribution in [1.82, 2.24) is 0 Å². The van der Waals surface area contributed by atoms with Crippen LogP contribution in [0.2, 0.25) is 0 Å². The minimum Gasteiger partial charge on any atom is -0.504 e. The average Bonchev–Trinajstić information content (AvgIpc) is 2.71. The van der Waals surface area contributed by atoms with Crippen LogP contribution in [0.5, 0.6) is 23.0 Å². The summed E-state index contributed by atoms with van der Waals surface area (Å²) in [6, 6.07) is 10.1. The number of aliphatic hydroxyl groups excluding tert-OH is 1. The Balaban J connectivity index is 1.88. The Morgan fingerprint density at radius 1 is 1.18 bits per heavy atom. The standard InChI is InChI=1S/C21H22O7/c1-3-26-20(24)9-5-13-4-8-16-18(10-13)28-21(19(12-22)27-16)14-6-7-15(23)17(11-14)25-2/h4-11,19,21-23H,3,12H2,1-2H3/b9-5+. The molecular formula is C21H22O7. The third-order valence-corrected chi connectivity index (χ3v) is 4.25. The molecule has 28 heavy (non-hydrogen) atoms. The predicted molar refractivity (Wildman–Crippen MR) is 102 cm³/mol. The number of aliphatic hydroxyl groups is 1. The number of aromatic hydroxyl groups is 1. The van der Waals surface area contributed by atoms with E-state index in [1.54, 1.807) is 43.3 Å². The highest BCUT2D eigenvalue weighted by Crippen LogP contribution is 2.41. The smallest absolute Gasteiger partial charge is 0.330 e. The quantitative estimate of drug-likeness (QED) is 0.582. The normalized spacial score (nSPS) is 18.1. The summed E-state index contributed by atoms with van der Waals surface area (Å²) < 4.78 is 22.0. The van der Waals surface area contributed by atoms with Crippen LogP contribution in [0.25, 0.3) is 6.08 Å². The Morgan fingerprint density at radius 3 is 2.71 bits per heavy atom. The number of carbonyl (C=O) groups excluding carboxylic acids is 1. The number of phenolic OH excluding ortho intramolecular Hbond substituents is 1. The van der Waals surface area contributed by atoms with E-state index in [2.05, 4.69) is 0 Å². The number of rotatable bonds is 6. The monoisotopic (exact) mass is 386 g/mol. The number of methoxy groups -OCH3 is 1. The van der Waals surface area contributed by atoms with Crippen molar-refractivity contribution in [1.29, 1.82) is 0 Å². The second kappa shape index (κ2) is 8.67. The van der Waals surface area contributed by atoms with Gasteiger partial charge in [-0.1, -0.05) is 12.1 Å². The van der Waals surface area contributed by atoms with E-state index in [-0.39, 0.29) is 12.4 Å². The van der Waals surface area contributed by atoms with E-state index in [0.717, 1.165) is 5.56 Å². The van der Waals surface area contributed by atoms with Gasteiger partial charge in [0.05, 0.1) is 20.3 Å². The molecule has 0 radical (unpaired) electrons. The van der Waals surface area contributed by atoms with E-state index in [4.69, 9.17) is 18.9 Å². The summed E-state index contributed by atoms with van der Waals surface area (Å²) in [6.07, 6.45) is 1.74. The molecule has 1 aliphatic rings. The maximum atomic E-state index is 11.5. The number of ether oxygens (including phenoxy) is 4. The largest absolute Gasteiger partial charge is 0.504 e. The van der Waals surface area contributed by atoms with Crippen LogP contribution in [0.3, 0.4) is 0 Å². The third-order valence-electron chi connectivity index (χ3n) is 4.25. The summed E-state index contributed by atoms with van der Waals surface area (Å²) >= 11 is 0. The molecular weight excluding hydrogens is 364 g/mol. The van der Waals surface area contributed by atoms with Crippen molar-refractivity contribution >= 4 is 12.0 Å². The SMILES string of the molecule is CCOC(=O)/C=C/c1ccc2c(c1)OC(c1ccc(O)c(OC)c1)C(CO)O2. The highest BCUT2D eigenvalue weighted by molar-refractivity contribution is 5.87. The van der Waals surface area contributed by atoms with E-state index in [1.165, 1.54) is 19.3 Å². The second-order valence-electron chi connectivity index (χ2n) is 6.10. The topological polar surface area (TPSA) is 94.5 Å². The first kappa shape index (κ1) is 19.6. The molecule has 2 aromatic rings. The first-order valence-corrected chi connectivity index (χ1v) is 8.85. The zero-order valence-electron chi connectivity index (χ0n) is 15.6. The minimum absolute atomic E-state index is 0.00955. The van der Waals surface area contributed by atoms with Gasteiger partial charge in [0.15, 0.2) is 35.2 Å². The van der Waals surface area contributed by atoms with Gasteiger partial charge in [0.2, 0.25) is 0 Å². The van der Waals surface area contributed by atoms with E-state index < -0.39 is 18.2 Å². The number of esters is 1. The number of fused-ring (bicyclic) bond motifs is 1. The van der Waals surface area contributed by atoms with Crippen LogP contribution in [-0.4, -0.2) is 42.6 Å². The van der Waals surface area contributed by atoms with Crippen LogP contribution in [0.4, 0.5) is 0 Å². The van der Waals surface area contributed by atoms with Crippen LogP contribution >= 0.6 is 0 Å². The highest BCUT2D eigenvalue weighted by Gasteiger charge is 2.33. The van der Waals surface area contributed by atoms with Gasteiger partial charge in [-0.25, -0.2) is 4.79 Å². The molecule has 1 heterocycles. The molecule has 0 fully saturated rings.